The van der Waals surface area contributed by atoms with Crippen molar-refractivity contribution in [3.63, 3.8) is 0 Å². The summed E-state index contributed by atoms with van der Waals surface area (Å²) in [6.45, 7) is 5.06. The van der Waals surface area contributed by atoms with E-state index >= 15 is 0 Å². The van der Waals surface area contributed by atoms with E-state index < -0.39 is 0 Å². The highest BCUT2D eigenvalue weighted by molar-refractivity contribution is 6.33. The maximum absolute atomic E-state index is 6.08. The van der Waals surface area contributed by atoms with E-state index in [0.29, 0.717) is 24.0 Å². The second kappa shape index (κ2) is 6.38. The summed E-state index contributed by atoms with van der Waals surface area (Å²) in [6.07, 6.45) is 1.49. The Hall–Kier alpha value is -1.81. The first-order valence-corrected chi connectivity index (χ1v) is 6.45. The second-order valence-electron chi connectivity index (χ2n) is 4.21. The highest BCUT2D eigenvalue weighted by Gasteiger charge is 2.04. The van der Waals surface area contributed by atoms with E-state index in [-0.39, 0.29) is 0 Å². The Morgan fingerprint density at radius 1 is 1.16 bits per heavy atom. The number of aromatic nitrogens is 2. The molecular weight excluding hydrogens is 262 g/mol. The average Bonchev–Trinajstić information content (AvgIpc) is 2.41. The molecule has 5 heteroatoms. The number of ether oxygens (including phenoxy) is 1. The highest BCUT2D eigenvalue weighted by atomic mass is 35.5. The summed E-state index contributed by atoms with van der Waals surface area (Å²) in [4.78, 5) is 8.09. The molecule has 1 aromatic carbocycles. The topological polar surface area (TPSA) is 47.0 Å². The molecule has 100 valence electrons. The van der Waals surface area contributed by atoms with Crippen LogP contribution in [0.4, 0.5) is 5.82 Å². The monoisotopic (exact) mass is 277 g/mol. The summed E-state index contributed by atoms with van der Waals surface area (Å²) in [5, 5.41) is 3.68. The Morgan fingerprint density at radius 3 is 2.63 bits per heavy atom. The fourth-order valence-corrected chi connectivity index (χ4v) is 1.72. The van der Waals surface area contributed by atoms with Gasteiger partial charge in [-0.3, -0.25) is 0 Å². The molecule has 0 bridgehead atoms. The highest BCUT2D eigenvalue weighted by Crippen LogP contribution is 2.20. The first-order chi connectivity index (χ1) is 9.16. The first-order valence-electron chi connectivity index (χ1n) is 6.07. The van der Waals surface area contributed by atoms with Gasteiger partial charge in [-0.25, -0.2) is 9.97 Å². The molecule has 2 rings (SSSR count). The molecule has 0 radical (unpaired) electrons. The molecule has 0 amide bonds. The van der Waals surface area contributed by atoms with Gasteiger partial charge in [0.15, 0.2) is 0 Å². The van der Waals surface area contributed by atoms with Crippen molar-refractivity contribution in [3.05, 3.63) is 46.9 Å². The summed E-state index contributed by atoms with van der Waals surface area (Å²) in [5.41, 5.74) is 1.98. The van der Waals surface area contributed by atoms with Crippen LogP contribution in [0.15, 0.2) is 30.6 Å². The molecule has 1 aromatic heterocycles. The molecule has 19 heavy (non-hydrogen) atoms. The number of anilines is 1. The van der Waals surface area contributed by atoms with Crippen molar-refractivity contribution in [1.29, 1.82) is 0 Å². The molecule has 0 atom stereocenters. The number of halogens is 1. The van der Waals surface area contributed by atoms with Gasteiger partial charge in [-0.15, -0.1) is 0 Å². The molecule has 0 aliphatic carbocycles. The zero-order valence-electron chi connectivity index (χ0n) is 11.0. The number of hydrogen-bond acceptors (Lipinski definition) is 4. The van der Waals surface area contributed by atoms with Crippen LogP contribution in [0.25, 0.3) is 0 Å². The number of nitrogens with zero attached hydrogens (tertiary/aromatic N) is 2. The van der Waals surface area contributed by atoms with Crippen LogP contribution >= 0.6 is 11.6 Å². The van der Waals surface area contributed by atoms with Gasteiger partial charge in [0.05, 0.1) is 12.2 Å². The molecule has 0 saturated carbocycles. The normalized spacial score (nSPS) is 10.3. The molecule has 0 spiro atoms. The Kier molecular flexibility index (Phi) is 4.58. The molecule has 0 saturated heterocycles. The van der Waals surface area contributed by atoms with E-state index in [1.54, 1.807) is 0 Å². The number of nitrogens with one attached hydrogen (secondary N) is 1. The third-order valence-electron chi connectivity index (χ3n) is 2.65. The van der Waals surface area contributed by atoms with Crippen LogP contribution in [0, 0.1) is 13.8 Å². The summed E-state index contributed by atoms with van der Waals surface area (Å²) < 4.78 is 5.60. The minimum atomic E-state index is 0.544. The van der Waals surface area contributed by atoms with E-state index in [1.807, 2.05) is 38.1 Å². The van der Waals surface area contributed by atoms with Crippen molar-refractivity contribution in [3.8, 4) is 5.75 Å². The summed E-state index contributed by atoms with van der Waals surface area (Å²) in [5.74, 6) is 1.50. The van der Waals surface area contributed by atoms with Crippen LogP contribution in [0.1, 0.15) is 11.3 Å². The lowest BCUT2D eigenvalue weighted by Crippen LogP contribution is -2.13. The summed E-state index contributed by atoms with van der Waals surface area (Å²) in [7, 11) is 0. The van der Waals surface area contributed by atoms with Crippen LogP contribution in [-0.4, -0.2) is 23.1 Å². The Balaban J connectivity index is 1.81. The maximum atomic E-state index is 6.08. The lowest BCUT2D eigenvalue weighted by atomic mass is 10.2. The lowest BCUT2D eigenvalue weighted by molar-refractivity contribution is 0.332. The van der Waals surface area contributed by atoms with Crippen LogP contribution in [-0.2, 0) is 0 Å². The minimum absolute atomic E-state index is 0.544. The van der Waals surface area contributed by atoms with Crippen molar-refractivity contribution in [2.24, 2.45) is 0 Å². The van der Waals surface area contributed by atoms with Crippen LogP contribution in [0.2, 0.25) is 5.02 Å². The van der Waals surface area contributed by atoms with E-state index in [4.69, 9.17) is 16.3 Å². The molecular formula is C14H16ClN3O. The predicted molar refractivity (Wildman–Crippen MR) is 76.9 cm³/mol. The van der Waals surface area contributed by atoms with E-state index in [0.717, 1.165) is 11.4 Å². The van der Waals surface area contributed by atoms with Crippen molar-refractivity contribution >= 4 is 17.4 Å². The third kappa shape index (κ3) is 3.83. The van der Waals surface area contributed by atoms with Gasteiger partial charge in [-0.1, -0.05) is 29.3 Å². The number of benzene rings is 1. The SMILES string of the molecule is Cc1ccc(OCCNc2ncnc(C)c2Cl)cc1. The first kappa shape index (κ1) is 13.6. The molecule has 4 nitrogen and oxygen atoms in total. The molecule has 0 aliphatic rings. The molecule has 0 unspecified atom stereocenters. The lowest BCUT2D eigenvalue weighted by Gasteiger charge is -2.09. The van der Waals surface area contributed by atoms with Gasteiger partial charge in [-0.05, 0) is 26.0 Å². The van der Waals surface area contributed by atoms with Crippen molar-refractivity contribution in [2.45, 2.75) is 13.8 Å². The van der Waals surface area contributed by atoms with Crippen molar-refractivity contribution < 1.29 is 4.74 Å². The average molecular weight is 278 g/mol. The fraction of sp³-hybridized carbons (Fsp3) is 0.286. The van der Waals surface area contributed by atoms with E-state index in [9.17, 15) is 0 Å². The predicted octanol–water partition coefficient (Wildman–Crippen LogP) is 3.24. The largest absolute Gasteiger partial charge is 0.492 e. The molecule has 1 N–H and O–H groups in total. The van der Waals surface area contributed by atoms with E-state index in [1.165, 1.54) is 11.9 Å². The Morgan fingerprint density at radius 2 is 1.89 bits per heavy atom. The summed E-state index contributed by atoms with van der Waals surface area (Å²) in [6, 6.07) is 7.95. The van der Waals surface area contributed by atoms with Crippen LogP contribution in [0.5, 0.6) is 5.75 Å². The minimum Gasteiger partial charge on any atom is -0.492 e. The number of aryl methyl sites for hydroxylation is 2. The zero-order valence-corrected chi connectivity index (χ0v) is 11.7. The maximum Gasteiger partial charge on any atom is 0.148 e. The molecule has 1 heterocycles. The van der Waals surface area contributed by atoms with Gasteiger partial charge in [0.1, 0.15) is 29.5 Å². The standard InChI is InChI=1S/C14H16ClN3O/c1-10-3-5-12(6-4-10)19-8-7-16-14-13(15)11(2)17-9-18-14/h3-6,9H,7-8H2,1-2H3,(H,16,17,18). The van der Waals surface area contributed by atoms with Crippen molar-refractivity contribution in [1.82, 2.24) is 9.97 Å². The fourth-order valence-electron chi connectivity index (χ4n) is 1.55. The van der Waals surface area contributed by atoms with Gasteiger partial charge in [0.25, 0.3) is 0 Å². The zero-order chi connectivity index (χ0) is 13.7. The van der Waals surface area contributed by atoms with Gasteiger partial charge < -0.3 is 10.1 Å². The van der Waals surface area contributed by atoms with Crippen LogP contribution in [0.3, 0.4) is 0 Å². The molecule has 0 fully saturated rings. The quantitative estimate of drug-likeness (QED) is 0.853. The van der Waals surface area contributed by atoms with Crippen molar-refractivity contribution in [2.75, 3.05) is 18.5 Å². The molecule has 2 aromatic rings. The number of hydrogen-bond donors (Lipinski definition) is 1. The Labute approximate surface area is 117 Å². The van der Waals surface area contributed by atoms with Crippen LogP contribution < -0.4 is 10.1 Å². The van der Waals surface area contributed by atoms with Gasteiger partial charge in [0.2, 0.25) is 0 Å². The second-order valence-corrected chi connectivity index (χ2v) is 4.59. The van der Waals surface area contributed by atoms with Gasteiger partial charge in [0, 0.05) is 0 Å². The number of rotatable bonds is 5. The Bertz CT molecular complexity index is 543. The smallest absolute Gasteiger partial charge is 0.148 e. The summed E-state index contributed by atoms with van der Waals surface area (Å²) >= 11 is 6.08. The van der Waals surface area contributed by atoms with E-state index in [2.05, 4.69) is 15.3 Å². The van der Waals surface area contributed by atoms with Gasteiger partial charge in [-0.2, -0.15) is 0 Å². The molecule has 0 aliphatic heterocycles. The van der Waals surface area contributed by atoms with Gasteiger partial charge >= 0.3 is 0 Å². The third-order valence-corrected chi connectivity index (χ3v) is 3.10.